The summed E-state index contributed by atoms with van der Waals surface area (Å²) in [7, 11) is 5.05. The maximum atomic E-state index is 13.0. The molecular formula is C20H23ClN6O3. The van der Waals surface area contributed by atoms with Gasteiger partial charge < -0.3 is 9.80 Å². The van der Waals surface area contributed by atoms with Crippen LogP contribution in [0, 0.1) is 0 Å². The fourth-order valence-electron chi connectivity index (χ4n) is 3.70. The lowest BCUT2D eigenvalue weighted by atomic mass is 10.1. The number of imidazole rings is 1. The summed E-state index contributed by atoms with van der Waals surface area (Å²) in [6.45, 7) is 3.04. The molecule has 1 fully saturated rings. The van der Waals surface area contributed by atoms with E-state index in [0.717, 1.165) is 17.7 Å². The van der Waals surface area contributed by atoms with Gasteiger partial charge in [-0.1, -0.05) is 11.6 Å². The maximum Gasteiger partial charge on any atom is 0.332 e. The summed E-state index contributed by atoms with van der Waals surface area (Å²) < 4.78 is 4.03. The Kier molecular flexibility index (Phi) is 5.25. The van der Waals surface area contributed by atoms with Crippen LogP contribution in [0.2, 0.25) is 5.02 Å². The number of fused-ring (bicyclic) bond motifs is 1. The summed E-state index contributed by atoms with van der Waals surface area (Å²) in [4.78, 5) is 47.3. The van der Waals surface area contributed by atoms with Crippen LogP contribution >= 0.6 is 11.6 Å². The highest BCUT2D eigenvalue weighted by atomic mass is 35.5. The Morgan fingerprint density at radius 1 is 1.00 bits per heavy atom. The van der Waals surface area contributed by atoms with E-state index in [4.69, 9.17) is 11.6 Å². The Bertz CT molecular complexity index is 1230. The molecule has 0 amide bonds. The molecule has 0 aliphatic carbocycles. The maximum absolute atomic E-state index is 13.0. The first-order valence-corrected chi connectivity index (χ1v) is 10.0. The van der Waals surface area contributed by atoms with E-state index in [1.54, 1.807) is 35.9 Å². The number of aryl methyl sites for hydroxylation is 1. The van der Waals surface area contributed by atoms with Crippen LogP contribution in [0.15, 0.2) is 33.9 Å². The van der Waals surface area contributed by atoms with Gasteiger partial charge in [-0.3, -0.25) is 23.3 Å². The number of Topliss-reactive ketones (excluding diaryl/α,β-unsaturated/α-hetero) is 1. The van der Waals surface area contributed by atoms with Gasteiger partial charge in [0.1, 0.15) is 0 Å². The summed E-state index contributed by atoms with van der Waals surface area (Å²) in [6, 6.07) is 6.64. The van der Waals surface area contributed by atoms with Crippen molar-refractivity contribution < 1.29 is 4.79 Å². The highest BCUT2D eigenvalue weighted by Gasteiger charge is 2.26. The Balaban J connectivity index is 1.87. The molecule has 1 aliphatic rings. The molecule has 3 aromatic rings. The number of likely N-dealkylation sites (N-methyl/N-ethyl adjacent to an activating group) is 1. The third-order valence-corrected chi connectivity index (χ3v) is 5.83. The van der Waals surface area contributed by atoms with Crippen molar-refractivity contribution in [1.29, 1.82) is 0 Å². The average molecular weight is 431 g/mol. The number of hydrogen-bond donors (Lipinski definition) is 0. The second-order valence-corrected chi connectivity index (χ2v) is 8.03. The minimum Gasteiger partial charge on any atom is -0.340 e. The van der Waals surface area contributed by atoms with E-state index in [-0.39, 0.29) is 23.5 Å². The number of piperazine rings is 1. The smallest absolute Gasteiger partial charge is 0.332 e. The summed E-state index contributed by atoms with van der Waals surface area (Å²) in [5, 5.41) is 0.543. The van der Waals surface area contributed by atoms with Gasteiger partial charge in [0.05, 0.1) is 6.54 Å². The third-order valence-electron chi connectivity index (χ3n) is 5.58. The molecular weight excluding hydrogens is 408 g/mol. The quantitative estimate of drug-likeness (QED) is 0.567. The van der Waals surface area contributed by atoms with E-state index in [2.05, 4.69) is 14.8 Å². The zero-order valence-electron chi connectivity index (χ0n) is 17.1. The molecule has 0 spiro atoms. The molecule has 1 aliphatic heterocycles. The highest BCUT2D eigenvalue weighted by molar-refractivity contribution is 6.30. The average Bonchev–Trinajstić information content (AvgIpc) is 3.11. The van der Waals surface area contributed by atoms with Crippen molar-refractivity contribution in [2.45, 2.75) is 6.54 Å². The summed E-state index contributed by atoms with van der Waals surface area (Å²) in [5.74, 6) is 0.357. The molecule has 0 unspecified atom stereocenters. The van der Waals surface area contributed by atoms with Gasteiger partial charge in [-0.2, -0.15) is 4.98 Å². The van der Waals surface area contributed by atoms with Gasteiger partial charge in [-0.15, -0.1) is 0 Å². The molecule has 0 saturated carbocycles. The molecule has 0 atom stereocenters. The molecule has 10 heteroatoms. The van der Waals surface area contributed by atoms with E-state index >= 15 is 0 Å². The summed E-state index contributed by atoms with van der Waals surface area (Å²) in [6.07, 6.45) is 0. The molecule has 158 valence electrons. The Labute approximate surface area is 177 Å². The zero-order chi connectivity index (χ0) is 21.6. The Morgan fingerprint density at radius 3 is 2.27 bits per heavy atom. The molecule has 2 aromatic heterocycles. The molecule has 1 saturated heterocycles. The van der Waals surface area contributed by atoms with Crippen LogP contribution in [-0.2, 0) is 20.6 Å². The van der Waals surface area contributed by atoms with Gasteiger partial charge >= 0.3 is 5.69 Å². The number of ketones is 1. The predicted octanol–water partition coefficient (Wildman–Crippen LogP) is 0.722. The molecule has 0 N–H and O–H groups in total. The largest absolute Gasteiger partial charge is 0.340 e. The Hall–Kier alpha value is -2.91. The van der Waals surface area contributed by atoms with Crippen molar-refractivity contribution >= 4 is 34.5 Å². The van der Waals surface area contributed by atoms with E-state index < -0.39 is 11.2 Å². The van der Waals surface area contributed by atoms with Gasteiger partial charge in [-0.05, 0) is 31.3 Å². The number of carbonyl (C=O) groups excluding carboxylic acids is 1. The molecule has 0 bridgehead atoms. The van der Waals surface area contributed by atoms with E-state index in [1.165, 1.54) is 11.6 Å². The van der Waals surface area contributed by atoms with Crippen molar-refractivity contribution in [3.05, 3.63) is 55.7 Å². The van der Waals surface area contributed by atoms with Crippen molar-refractivity contribution in [1.82, 2.24) is 23.6 Å². The highest BCUT2D eigenvalue weighted by Crippen LogP contribution is 2.22. The first-order chi connectivity index (χ1) is 14.3. The number of rotatable bonds is 4. The fraction of sp³-hybridized carbons (Fsp3) is 0.400. The first-order valence-electron chi connectivity index (χ1n) is 9.66. The third kappa shape index (κ3) is 3.44. The second-order valence-electron chi connectivity index (χ2n) is 7.60. The molecule has 30 heavy (non-hydrogen) atoms. The predicted molar refractivity (Wildman–Crippen MR) is 116 cm³/mol. The summed E-state index contributed by atoms with van der Waals surface area (Å²) >= 11 is 5.93. The van der Waals surface area contributed by atoms with Crippen molar-refractivity contribution in [3.8, 4) is 0 Å². The lowest BCUT2D eigenvalue weighted by molar-refractivity contribution is 0.0973. The second kappa shape index (κ2) is 7.73. The van der Waals surface area contributed by atoms with E-state index in [0.29, 0.717) is 29.6 Å². The Morgan fingerprint density at radius 2 is 1.63 bits per heavy atom. The lowest BCUT2D eigenvalue weighted by Crippen LogP contribution is -2.45. The van der Waals surface area contributed by atoms with Gasteiger partial charge in [0.2, 0.25) is 5.95 Å². The molecule has 9 nitrogen and oxygen atoms in total. The molecule has 0 radical (unpaired) electrons. The SMILES string of the molecule is CN1CCN(c2nc3c(c(=O)n(C)c(=O)n3C)n2CC(=O)c2ccc(Cl)cc2)CC1. The number of hydrogen-bond acceptors (Lipinski definition) is 6. The van der Waals surface area contributed by atoms with Gasteiger partial charge in [-0.25, -0.2) is 4.79 Å². The van der Waals surface area contributed by atoms with Crippen LogP contribution in [0.1, 0.15) is 10.4 Å². The van der Waals surface area contributed by atoms with Crippen LogP contribution in [-0.4, -0.2) is 62.6 Å². The number of halogens is 1. The van der Waals surface area contributed by atoms with Gasteiger partial charge in [0, 0.05) is 50.9 Å². The number of carbonyl (C=O) groups is 1. The normalized spacial score (nSPS) is 15.1. The molecule has 1 aromatic carbocycles. The number of aromatic nitrogens is 4. The lowest BCUT2D eigenvalue weighted by Gasteiger charge is -2.33. The van der Waals surface area contributed by atoms with Crippen LogP contribution in [0.25, 0.3) is 11.2 Å². The standard InChI is InChI=1S/C20H23ClN6O3/c1-23-8-10-26(11-9-23)19-22-17-16(18(29)25(3)20(30)24(17)2)27(19)12-15(28)13-4-6-14(21)7-5-13/h4-7H,8-12H2,1-3H3. The first kappa shape index (κ1) is 20.4. The van der Waals surface area contributed by atoms with Crippen molar-refractivity contribution in [2.75, 3.05) is 38.1 Å². The zero-order valence-corrected chi connectivity index (χ0v) is 17.9. The molecule has 4 rings (SSSR count). The van der Waals surface area contributed by atoms with Crippen molar-refractivity contribution in [3.63, 3.8) is 0 Å². The molecule has 3 heterocycles. The van der Waals surface area contributed by atoms with E-state index in [9.17, 15) is 14.4 Å². The van der Waals surface area contributed by atoms with Gasteiger partial charge in [0.15, 0.2) is 16.9 Å². The minimum atomic E-state index is -0.468. The fourth-order valence-corrected chi connectivity index (χ4v) is 3.83. The topological polar surface area (TPSA) is 85.4 Å². The summed E-state index contributed by atoms with van der Waals surface area (Å²) in [5.41, 5.74) is 0.0972. The number of nitrogens with zero attached hydrogens (tertiary/aromatic N) is 6. The van der Waals surface area contributed by atoms with Crippen molar-refractivity contribution in [2.24, 2.45) is 14.1 Å². The van der Waals surface area contributed by atoms with Gasteiger partial charge in [0.25, 0.3) is 5.56 Å². The minimum absolute atomic E-state index is 0.0623. The van der Waals surface area contributed by atoms with Crippen LogP contribution in [0.3, 0.4) is 0 Å². The van der Waals surface area contributed by atoms with Crippen LogP contribution in [0.4, 0.5) is 5.95 Å². The van der Waals surface area contributed by atoms with Crippen LogP contribution in [0.5, 0.6) is 0 Å². The monoisotopic (exact) mass is 430 g/mol. The number of anilines is 1. The number of benzene rings is 1. The van der Waals surface area contributed by atoms with Crippen LogP contribution < -0.4 is 16.1 Å². The van der Waals surface area contributed by atoms with E-state index in [1.807, 2.05) is 7.05 Å².